The highest BCUT2D eigenvalue weighted by atomic mass is 79.9. The van der Waals surface area contributed by atoms with Gasteiger partial charge in [0.25, 0.3) is 11.8 Å². The summed E-state index contributed by atoms with van der Waals surface area (Å²) in [6.07, 6.45) is 2.19. The van der Waals surface area contributed by atoms with Crippen LogP contribution in [-0.4, -0.2) is 17.5 Å². The third-order valence-electron chi connectivity index (χ3n) is 5.06. The number of carbonyl (C=O) groups is 2. The zero-order valence-electron chi connectivity index (χ0n) is 16.7. The molecule has 1 aromatic heterocycles. The Hall–Kier alpha value is -2.90. The minimum atomic E-state index is -0.378. The molecule has 0 saturated carbocycles. The molecule has 2 aromatic carbocycles. The van der Waals surface area contributed by atoms with E-state index < -0.39 is 0 Å². The molecule has 0 radical (unpaired) electrons. The maximum absolute atomic E-state index is 12.8. The molecule has 0 spiro atoms. The van der Waals surface area contributed by atoms with E-state index >= 15 is 0 Å². The number of nitrogens with zero attached hydrogens (tertiary/aromatic N) is 1. The van der Waals surface area contributed by atoms with E-state index in [4.69, 9.17) is 16.0 Å². The standard InChI is InChI=1S/C23H19BrClN3O3/c1-13-20-18(27-28-22(29)14-7-2-3-8-15(14)24)11-6-12-19(20)31-21(13)23(30)26-17-10-5-4-9-16(17)25/h2-5,7-10H,6,11-12H2,1H3,(H,26,30)(H,28,29)/b27-18+. The van der Waals surface area contributed by atoms with Crippen LogP contribution in [-0.2, 0) is 6.42 Å². The highest BCUT2D eigenvalue weighted by molar-refractivity contribution is 9.10. The van der Waals surface area contributed by atoms with Gasteiger partial charge in [-0.3, -0.25) is 9.59 Å². The van der Waals surface area contributed by atoms with Crippen molar-refractivity contribution < 1.29 is 14.0 Å². The predicted molar refractivity (Wildman–Crippen MR) is 124 cm³/mol. The first-order valence-corrected chi connectivity index (χ1v) is 10.9. The summed E-state index contributed by atoms with van der Waals surface area (Å²) in [5, 5.41) is 7.59. The van der Waals surface area contributed by atoms with Crippen molar-refractivity contribution in [3.63, 3.8) is 0 Å². The van der Waals surface area contributed by atoms with Gasteiger partial charge in [-0.2, -0.15) is 5.10 Å². The molecule has 1 aliphatic carbocycles. The number of amides is 2. The number of hydrogen-bond acceptors (Lipinski definition) is 4. The second kappa shape index (κ2) is 9.08. The fourth-order valence-corrected chi connectivity index (χ4v) is 4.21. The number of rotatable bonds is 4. The summed E-state index contributed by atoms with van der Waals surface area (Å²) in [4.78, 5) is 25.3. The lowest BCUT2D eigenvalue weighted by molar-refractivity contribution is 0.0952. The van der Waals surface area contributed by atoms with E-state index in [0.29, 0.717) is 50.6 Å². The first-order chi connectivity index (χ1) is 15.0. The van der Waals surface area contributed by atoms with Gasteiger partial charge in [-0.1, -0.05) is 35.9 Å². The average Bonchev–Trinajstić information content (AvgIpc) is 3.11. The fourth-order valence-electron chi connectivity index (χ4n) is 3.56. The van der Waals surface area contributed by atoms with Crippen molar-refractivity contribution in [1.82, 2.24) is 5.43 Å². The summed E-state index contributed by atoms with van der Waals surface area (Å²) in [6, 6.07) is 14.1. The van der Waals surface area contributed by atoms with Gasteiger partial charge in [-0.15, -0.1) is 0 Å². The molecule has 8 heteroatoms. The van der Waals surface area contributed by atoms with Crippen molar-refractivity contribution in [3.05, 3.63) is 86.2 Å². The van der Waals surface area contributed by atoms with Gasteiger partial charge in [-0.05, 0) is 60.0 Å². The number of fused-ring (bicyclic) bond motifs is 1. The molecule has 158 valence electrons. The molecule has 6 nitrogen and oxygen atoms in total. The van der Waals surface area contributed by atoms with Crippen LogP contribution in [0.2, 0.25) is 5.02 Å². The number of halogens is 2. The number of nitrogens with one attached hydrogen (secondary N) is 2. The maximum atomic E-state index is 12.8. The van der Waals surface area contributed by atoms with Crippen molar-refractivity contribution in [2.24, 2.45) is 5.10 Å². The van der Waals surface area contributed by atoms with Crippen LogP contribution in [0.4, 0.5) is 5.69 Å². The maximum Gasteiger partial charge on any atom is 0.291 e. The molecule has 0 saturated heterocycles. The van der Waals surface area contributed by atoms with E-state index in [0.717, 1.165) is 12.0 Å². The normalized spacial score (nSPS) is 14.2. The Bertz CT molecular complexity index is 1200. The third-order valence-corrected chi connectivity index (χ3v) is 6.09. The summed E-state index contributed by atoms with van der Waals surface area (Å²) in [5.74, 6) is 0.222. The Labute approximate surface area is 192 Å². The van der Waals surface area contributed by atoms with Crippen LogP contribution in [0.5, 0.6) is 0 Å². The lowest BCUT2D eigenvalue weighted by atomic mass is 9.93. The molecule has 31 heavy (non-hydrogen) atoms. The van der Waals surface area contributed by atoms with E-state index in [1.807, 2.05) is 13.0 Å². The molecule has 2 N–H and O–H groups in total. The summed E-state index contributed by atoms with van der Waals surface area (Å²) in [7, 11) is 0. The predicted octanol–water partition coefficient (Wildman–Crippen LogP) is 5.73. The molecular weight excluding hydrogens is 482 g/mol. The van der Waals surface area contributed by atoms with Crippen molar-refractivity contribution in [2.45, 2.75) is 26.2 Å². The van der Waals surface area contributed by atoms with Gasteiger partial charge in [0.2, 0.25) is 0 Å². The number of carbonyl (C=O) groups excluding carboxylic acids is 2. The summed E-state index contributed by atoms with van der Waals surface area (Å²) in [6.45, 7) is 1.82. The molecule has 4 rings (SSSR count). The molecule has 3 aromatic rings. The van der Waals surface area contributed by atoms with Gasteiger partial charge in [0, 0.05) is 22.0 Å². The Morgan fingerprint density at radius 2 is 1.81 bits per heavy atom. The Kier molecular flexibility index (Phi) is 6.25. The number of furan rings is 1. The fraction of sp³-hybridized carbons (Fsp3) is 0.174. The van der Waals surface area contributed by atoms with Crippen LogP contribution >= 0.6 is 27.5 Å². The third kappa shape index (κ3) is 4.43. The van der Waals surface area contributed by atoms with Gasteiger partial charge in [-0.25, -0.2) is 5.43 Å². The second-order valence-corrected chi connectivity index (χ2v) is 8.38. The number of para-hydroxylation sites is 1. The van der Waals surface area contributed by atoms with Gasteiger partial charge < -0.3 is 9.73 Å². The quantitative estimate of drug-likeness (QED) is 0.449. The Morgan fingerprint density at radius 1 is 1.06 bits per heavy atom. The lowest BCUT2D eigenvalue weighted by Crippen LogP contribution is -2.22. The number of benzene rings is 2. The summed E-state index contributed by atoms with van der Waals surface area (Å²) >= 11 is 9.52. The highest BCUT2D eigenvalue weighted by Crippen LogP contribution is 2.31. The monoisotopic (exact) mass is 499 g/mol. The van der Waals surface area contributed by atoms with Crippen LogP contribution in [0.3, 0.4) is 0 Å². The lowest BCUT2D eigenvalue weighted by Gasteiger charge is -2.13. The molecule has 2 amide bonds. The van der Waals surface area contributed by atoms with Crippen LogP contribution in [0.15, 0.2) is 62.5 Å². The Morgan fingerprint density at radius 3 is 2.58 bits per heavy atom. The smallest absolute Gasteiger partial charge is 0.291 e. The van der Waals surface area contributed by atoms with E-state index in [9.17, 15) is 9.59 Å². The van der Waals surface area contributed by atoms with Crippen molar-refractivity contribution in [2.75, 3.05) is 5.32 Å². The highest BCUT2D eigenvalue weighted by Gasteiger charge is 2.28. The minimum Gasteiger partial charge on any atom is -0.455 e. The van der Waals surface area contributed by atoms with Gasteiger partial charge in [0.05, 0.1) is 22.0 Å². The molecular formula is C23H19BrClN3O3. The molecule has 1 heterocycles. The molecule has 0 fully saturated rings. The molecule has 1 aliphatic rings. The van der Waals surface area contributed by atoms with Crippen LogP contribution in [0.25, 0.3) is 0 Å². The van der Waals surface area contributed by atoms with E-state index in [1.54, 1.807) is 42.5 Å². The molecule has 0 atom stereocenters. The average molecular weight is 501 g/mol. The topological polar surface area (TPSA) is 83.7 Å². The number of hydrazone groups is 1. The number of aryl methyl sites for hydroxylation is 1. The number of hydrogen-bond donors (Lipinski definition) is 2. The van der Waals surface area contributed by atoms with Gasteiger partial charge in [0.1, 0.15) is 5.76 Å². The molecule has 0 unspecified atom stereocenters. The molecule has 0 bridgehead atoms. The second-order valence-electron chi connectivity index (χ2n) is 7.12. The van der Waals surface area contributed by atoms with Crippen molar-refractivity contribution in [3.8, 4) is 0 Å². The Balaban J connectivity index is 1.59. The van der Waals surface area contributed by atoms with Crippen LogP contribution in [0.1, 0.15) is 50.6 Å². The van der Waals surface area contributed by atoms with Crippen molar-refractivity contribution >= 4 is 50.7 Å². The van der Waals surface area contributed by atoms with Gasteiger partial charge in [0.15, 0.2) is 5.76 Å². The van der Waals surface area contributed by atoms with Crippen molar-refractivity contribution in [1.29, 1.82) is 0 Å². The van der Waals surface area contributed by atoms with Crippen LogP contribution in [0, 0.1) is 6.92 Å². The summed E-state index contributed by atoms with van der Waals surface area (Å²) in [5.41, 5.74) is 5.79. The SMILES string of the molecule is Cc1c(C(=O)Nc2ccccc2Cl)oc2c1/C(=N/NC(=O)c1ccccc1Br)CCC2. The van der Waals surface area contributed by atoms with E-state index in [2.05, 4.69) is 31.8 Å². The first-order valence-electron chi connectivity index (χ1n) is 9.75. The van der Waals surface area contributed by atoms with E-state index in [1.165, 1.54) is 0 Å². The first kappa shape index (κ1) is 21.3. The van der Waals surface area contributed by atoms with E-state index in [-0.39, 0.29) is 17.6 Å². The summed E-state index contributed by atoms with van der Waals surface area (Å²) < 4.78 is 6.59. The van der Waals surface area contributed by atoms with Gasteiger partial charge >= 0.3 is 0 Å². The zero-order valence-corrected chi connectivity index (χ0v) is 19.0. The zero-order chi connectivity index (χ0) is 22.0. The van der Waals surface area contributed by atoms with Crippen LogP contribution < -0.4 is 10.7 Å². The minimum absolute atomic E-state index is 0.219. The number of anilines is 1. The molecule has 0 aliphatic heterocycles. The largest absolute Gasteiger partial charge is 0.455 e.